The lowest BCUT2D eigenvalue weighted by molar-refractivity contribution is -0.119. The summed E-state index contributed by atoms with van der Waals surface area (Å²) in [4.78, 5) is 26.4. The minimum Gasteiger partial charge on any atom is -0.495 e. The van der Waals surface area contributed by atoms with Crippen LogP contribution >= 0.6 is 0 Å². The molecule has 0 fully saturated rings. The van der Waals surface area contributed by atoms with Crippen LogP contribution in [0.1, 0.15) is 38.8 Å². The molecule has 182 valence electrons. The van der Waals surface area contributed by atoms with Gasteiger partial charge in [-0.3, -0.25) is 14.2 Å². The number of rotatable bonds is 9. The average Bonchev–Trinajstić information content (AvgIpc) is 2.82. The maximum atomic E-state index is 13.3. The van der Waals surface area contributed by atoms with Crippen LogP contribution in [0.15, 0.2) is 58.2 Å². The molecule has 1 amide bonds. The average molecular weight is 486 g/mol. The molecule has 0 aliphatic heterocycles. The number of nitrogens with one attached hydrogen (secondary N) is 1. The molecule has 0 aliphatic rings. The van der Waals surface area contributed by atoms with Crippen LogP contribution in [0.25, 0.3) is 10.9 Å². The first-order chi connectivity index (χ1) is 16.2. The van der Waals surface area contributed by atoms with Gasteiger partial charge in [0.2, 0.25) is 15.9 Å². The van der Waals surface area contributed by atoms with Crippen molar-refractivity contribution in [1.82, 2.24) is 8.87 Å². The first kappa shape index (κ1) is 25.5. The highest BCUT2D eigenvalue weighted by molar-refractivity contribution is 7.89. The highest BCUT2D eigenvalue weighted by Crippen LogP contribution is 2.30. The second-order valence-electron chi connectivity index (χ2n) is 7.92. The van der Waals surface area contributed by atoms with Crippen LogP contribution in [-0.4, -0.2) is 43.4 Å². The Morgan fingerprint density at radius 1 is 1.09 bits per heavy atom. The number of para-hydroxylation sites is 1. The topological polar surface area (TPSA) is 97.7 Å². The molecule has 0 bridgehead atoms. The van der Waals surface area contributed by atoms with E-state index < -0.39 is 16.1 Å². The Morgan fingerprint density at radius 3 is 2.29 bits per heavy atom. The van der Waals surface area contributed by atoms with Crippen LogP contribution in [0.5, 0.6) is 5.75 Å². The third kappa shape index (κ3) is 4.71. The van der Waals surface area contributed by atoms with Gasteiger partial charge in [0.1, 0.15) is 11.8 Å². The van der Waals surface area contributed by atoms with Crippen LogP contribution in [-0.2, 0) is 14.8 Å². The first-order valence-corrected chi connectivity index (χ1v) is 12.7. The molecular weight excluding hydrogens is 454 g/mol. The van der Waals surface area contributed by atoms with E-state index in [4.69, 9.17) is 4.74 Å². The Balaban J connectivity index is 1.97. The van der Waals surface area contributed by atoms with E-state index in [1.54, 1.807) is 32.0 Å². The van der Waals surface area contributed by atoms with Gasteiger partial charge in [0.15, 0.2) is 0 Å². The zero-order chi connectivity index (χ0) is 25.0. The molecule has 8 nitrogen and oxygen atoms in total. The van der Waals surface area contributed by atoms with Gasteiger partial charge in [-0.2, -0.15) is 4.31 Å². The number of anilines is 1. The van der Waals surface area contributed by atoms with Gasteiger partial charge in [0.05, 0.1) is 17.5 Å². The molecule has 0 aliphatic carbocycles. The van der Waals surface area contributed by atoms with Gasteiger partial charge >= 0.3 is 0 Å². The number of amides is 1. The number of sulfonamides is 1. The number of benzene rings is 2. The number of carbonyl (C=O) groups is 1. The molecule has 0 saturated carbocycles. The Hall–Kier alpha value is -3.17. The molecule has 9 heteroatoms. The van der Waals surface area contributed by atoms with Crippen molar-refractivity contribution < 1.29 is 17.9 Å². The van der Waals surface area contributed by atoms with Gasteiger partial charge in [0.25, 0.3) is 5.56 Å². The minimum absolute atomic E-state index is 0.159. The molecule has 0 saturated heterocycles. The quantitative estimate of drug-likeness (QED) is 0.495. The SMILES string of the molecule is CCC(C(=O)Nc1ccc(S(=O)(=O)N(CC)CC)cc1)n1c(=O)cc(C)c2cccc(OC)c21. The monoisotopic (exact) mass is 485 g/mol. The Kier molecular flexibility index (Phi) is 7.78. The van der Waals surface area contributed by atoms with Crippen molar-refractivity contribution >= 4 is 32.5 Å². The summed E-state index contributed by atoms with van der Waals surface area (Å²) in [5.74, 6) is 0.135. The predicted molar refractivity (Wildman–Crippen MR) is 134 cm³/mol. The van der Waals surface area contributed by atoms with E-state index in [2.05, 4.69) is 5.32 Å². The van der Waals surface area contributed by atoms with Gasteiger partial charge in [-0.15, -0.1) is 0 Å². The predicted octanol–water partition coefficient (Wildman–Crippen LogP) is 3.94. The second kappa shape index (κ2) is 10.4. The van der Waals surface area contributed by atoms with E-state index >= 15 is 0 Å². The standard InChI is InChI=1S/C25H31N3O5S/c1-6-21(28-23(29)16-17(4)20-10-9-11-22(33-5)24(20)28)25(30)26-18-12-14-19(15-13-18)34(31,32)27(7-2)8-3/h9-16,21H,6-8H2,1-5H3,(H,26,30). The minimum atomic E-state index is -3.59. The van der Waals surface area contributed by atoms with Crippen molar-refractivity contribution in [3.05, 3.63) is 64.4 Å². The van der Waals surface area contributed by atoms with Crippen molar-refractivity contribution in [2.75, 3.05) is 25.5 Å². The lowest BCUT2D eigenvalue weighted by Gasteiger charge is -2.22. The summed E-state index contributed by atoms with van der Waals surface area (Å²) in [7, 11) is -2.06. The number of ether oxygens (including phenoxy) is 1. The normalized spacial score (nSPS) is 12.6. The van der Waals surface area contributed by atoms with Gasteiger partial charge in [-0.05, 0) is 49.2 Å². The molecule has 1 heterocycles. The molecule has 1 aromatic heterocycles. The van der Waals surface area contributed by atoms with Gasteiger partial charge < -0.3 is 10.1 Å². The summed E-state index contributed by atoms with van der Waals surface area (Å²) in [6.45, 7) is 7.99. The number of methoxy groups -OCH3 is 1. The summed E-state index contributed by atoms with van der Waals surface area (Å²) >= 11 is 0. The van der Waals surface area contributed by atoms with Crippen molar-refractivity contribution in [3.8, 4) is 5.75 Å². The Bertz CT molecular complexity index is 1340. The van der Waals surface area contributed by atoms with Crippen LogP contribution < -0.4 is 15.6 Å². The van der Waals surface area contributed by atoms with E-state index in [9.17, 15) is 18.0 Å². The molecule has 1 N–H and O–H groups in total. The number of carbonyl (C=O) groups excluding carboxylic acids is 1. The van der Waals surface area contributed by atoms with Crippen LogP contribution in [0.3, 0.4) is 0 Å². The third-order valence-electron chi connectivity index (χ3n) is 5.93. The van der Waals surface area contributed by atoms with Crippen molar-refractivity contribution in [2.45, 2.75) is 45.1 Å². The van der Waals surface area contributed by atoms with E-state index in [-0.39, 0.29) is 16.4 Å². The number of aryl methyl sites for hydroxylation is 1. The Morgan fingerprint density at radius 2 is 1.74 bits per heavy atom. The van der Waals surface area contributed by atoms with Gasteiger partial charge in [-0.25, -0.2) is 8.42 Å². The van der Waals surface area contributed by atoms with E-state index in [1.807, 2.05) is 26.0 Å². The number of aromatic nitrogens is 1. The highest BCUT2D eigenvalue weighted by atomic mass is 32.2. The van der Waals surface area contributed by atoms with E-state index in [0.29, 0.717) is 36.5 Å². The lowest BCUT2D eigenvalue weighted by Crippen LogP contribution is -2.33. The molecular formula is C25H31N3O5S. The smallest absolute Gasteiger partial charge is 0.252 e. The second-order valence-corrected chi connectivity index (χ2v) is 9.86. The molecule has 34 heavy (non-hydrogen) atoms. The zero-order valence-corrected chi connectivity index (χ0v) is 21.0. The molecule has 0 spiro atoms. The van der Waals surface area contributed by atoms with Crippen molar-refractivity contribution in [2.24, 2.45) is 0 Å². The molecule has 0 radical (unpaired) electrons. The lowest BCUT2D eigenvalue weighted by atomic mass is 10.1. The first-order valence-electron chi connectivity index (χ1n) is 11.3. The molecule has 3 aromatic rings. The number of nitrogens with zero attached hydrogens (tertiary/aromatic N) is 2. The Labute approximate surface area is 200 Å². The van der Waals surface area contributed by atoms with Gasteiger partial charge in [0, 0.05) is 30.2 Å². The third-order valence-corrected chi connectivity index (χ3v) is 7.99. The largest absolute Gasteiger partial charge is 0.495 e. The number of fused-ring (bicyclic) bond motifs is 1. The van der Waals surface area contributed by atoms with E-state index in [1.165, 1.54) is 34.2 Å². The fourth-order valence-corrected chi connectivity index (χ4v) is 5.60. The van der Waals surface area contributed by atoms with Crippen LogP contribution in [0.4, 0.5) is 5.69 Å². The van der Waals surface area contributed by atoms with Crippen molar-refractivity contribution in [1.29, 1.82) is 0 Å². The van der Waals surface area contributed by atoms with Crippen LogP contribution in [0, 0.1) is 6.92 Å². The summed E-state index contributed by atoms with van der Waals surface area (Å²) in [5.41, 5.74) is 1.52. The summed E-state index contributed by atoms with van der Waals surface area (Å²) < 4.78 is 33.8. The fourth-order valence-electron chi connectivity index (χ4n) is 4.14. The maximum absolute atomic E-state index is 13.3. The maximum Gasteiger partial charge on any atom is 0.252 e. The zero-order valence-electron chi connectivity index (χ0n) is 20.2. The highest BCUT2D eigenvalue weighted by Gasteiger charge is 2.25. The van der Waals surface area contributed by atoms with Gasteiger partial charge in [-0.1, -0.05) is 32.9 Å². The molecule has 3 rings (SSSR count). The van der Waals surface area contributed by atoms with Crippen LogP contribution in [0.2, 0.25) is 0 Å². The summed E-state index contributed by atoms with van der Waals surface area (Å²) in [6, 6.07) is 12.3. The van der Waals surface area contributed by atoms with E-state index in [0.717, 1.165) is 10.9 Å². The van der Waals surface area contributed by atoms with Crippen molar-refractivity contribution in [3.63, 3.8) is 0 Å². The number of hydrogen-bond acceptors (Lipinski definition) is 5. The summed E-state index contributed by atoms with van der Waals surface area (Å²) in [6.07, 6.45) is 0.371. The fraction of sp³-hybridized carbons (Fsp3) is 0.360. The number of hydrogen-bond donors (Lipinski definition) is 1. The number of pyridine rings is 1. The molecule has 1 unspecified atom stereocenters. The molecule has 2 aromatic carbocycles. The molecule has 1 atom stereocenters. The summed E-state index contributed by atoms with van der Waals surface area (Å²) in [5, 5.41) is 3.65.